The second kappa shape index (κ2) is 3.89. The van der Waals surface area contributed by atoms with Crippen molar-refractivity contribution in [2.45, 2.75) is 25.7 Å². The van der Waals surface area contributed by atoms with Crippen LogP contribution in [0.25, 0.3) is 32.3 Å². The zero-order chi connectivity index (χ0) is 14.9. The molecule has 0 atom stereocenters. The summed E-state index contributed by atoms with van der Waals surface area (Å²) >= 11 is 0. The zero-order valence-corrected chi connectivity index (χ0v) is 13.0. The lowest BCUT2D eigenvalue weighted by atomic mass is 9.82. The Balaban J connectivity index is 2.11. The molecule has 0 nitrogen and oxygen atoms in total. The summed E-state index contributed by atoms with van der Waals surface area (Å²) in [4.78, 5) is 0. The van der Waals surface area contributed by atoms with E-state index in [0.717, 1.165) is 6.42 Å². The summed E-state index contributed by atoms with van der Waals surface area (Å²) in [6.45, 7) is 4.77. The van der Waals surface area contributed by atoms with Gasteiger partial charge in [0.05, 0.1) is 0 Å². The third kappa shape index (κ3) is 1.42. The van der Waals surface area contributed by atoms with Crippen LogP contribution >= 0.6 is 0 Å². The zero-order valence-electron chi connectivity index (χ0n) is 13.0. The molecule has 0 radical (unpaired) electrons. The summed E-state index contributed by atoms with van der Waals surface area (Å²) in [5.74, 6) is 0. The van der Waals surface area contributed by atoms with Gasteiger partial charge >= 0.3 is 0 Å². The molecule has 1 aliphatic carbocycles. The lowest BCUT2D eigenvalue weighted by molar-refractivity contribution is 0.550. The Labute approximate surface area is 130 Å². The van der Waals surface area contributed by atoms with E-state index in [1.807, 2.05) is 0 Å². The van der Waals surface area contributed by atoms with Crippen LogP contribution in [0.3, 0.4) is 0 Å². The molecule has 0 fully saturated rings. The molecule has 0 heteroatoms. The molecule has 0 unspecified atom stereocenters. The molecular weight excluding hydrogens is 264 g/mol. The van der Waals surface area contributed by atoms with Crippen molar-refractivity contribution in [3.05, 3.63) is 71.8 Å². The van der Waals surface area contributed by atoms with Crippen molar-refractivity contribution in [1.82, 2.24) is 0 Å². The number of hydrogen-bond donors (Lipinski definition) is 0. The first-order valence-corrected chi connectivity index (χ1v) is 8.02. The quantitative estimate of drug-likeness (QED) is 0.275. The van der Waals surface area contributed by atoms with Crippen LogP contribution in [0, 0.1) is 0 Å². The Morgan fingerprint density at radius 2 is 1.55 bits per heavy atom. The molecule has 0 amide bonds. The Bertz CT molecular complexity index is 1070. The first kappa shape index (κ1) is 12.2. The van der Waals surface area contributed by atoms with Gasteiger partial charge in [0.25, 0.3) is 0 Å². The third-order valence-electron chi connectivity index (χ3n) is 5.28. The lowest BCUT2D eigenvalue weighted by Gasteiger charge is -2.22. The summed E-state index contributed by atoms with van der Waals surface area (Å²) in [6.07, 6.45) is 1.14. The monoisotopic (exact) mass is 282 g/mol. The molecule has 0 aromatic heterocycles. The van der Waals surface area contributed by atoms with Crippen molar-refractivity contribution in [2.75, 3.05) is 0 Å². The van der Waals surface area contributed by atoms with Crippen LogP contribution in [0.1, 0.15) is 25.0 Å². The van der Waals surface area contributed by atoms with Crippen LogP contribution in [-0.2, 0) is 11.8 Å². The van der Waals surface area contributed by atoms with Gasteiger partial charge < -0.3 is 0 Å². The van der Waals surface area contributed by atoms with E-state index in [-0.39, 0.29) is 5.41 Å². The van der Waals surface area contributed by atoms with E-state index in [2.05, 4.69) is 74.5 Å². The van der Waals surface area contributed by atoms with Crippen molar-refractivity contribution in [1.29, 1.82) is 0 Å². The van der Waals surface area contributed by atoms with Crippen molar-refractivity contribution < 1.29 is 0 Å². The second-order valence-corrected chi connectivity index (χ2v) is 7.21. The fraction of sp³-hybridized carbons (Fsp3) is 0.182. The number of fused-ring (bicyclic) bond motifs is 4. The van der Waals surface area contributed by atoms with E-state index in [1.54, 1.807) is 5.56 Å². The van der Waals surface area contributed by atoms with Gasteiger partial charge in [-0.2, -0.15) is 0 Å². The molecule has 106 valence electrons. The minimum absolute atomic E-state index is 0.212. The minimum atomic E-state index is 0.212. The Morgan fingerprint density at radius 3 is 2.45 bits per heavy atom. The smallest absolute Gasteiger partial charge is 0.00506 e. The molecule has 0 N–H and O–H groups in total. The minimum Gasteiger partial charge on any atom is -0.0616 e. The van der Waals surface area contributed by atoms with Gasteiger partial charge in [0.1, 0.15) is 0 Å². The van der Waals surface area contributed by atoms with Crippen molar-refractivity contribution in [3.8, 4) is 0 Å². The maximum atomic E-state index is 2.39. The Hall–Kier alpha value is -2.34. The maximum Gasteiger partial charge on any atom is -0.00506 e. The van der Waals surface area contributed by atoms with E-state index in [9.17, 15) is 0 Å². The van der Waals surface area contributed by atoms with Crippen molar-refractivity contribution in [3.63, 3.8) is 0 Å². The van der Waals surface area contributed by atoms with Gasteiger partial charge in [-0.15, -0.1) is 0 Å². The fourth-order valence-corrected chi connectivity index (χ4v) is 4.42. The normalized spacial score (nSPS) is 15.9. The molecule has 4 aromatic rings. The number of benzene rings is 4. The molecule has 0 aliphatic heterocycles. The molecule has 0 spiro atoms. The van der Waals surface area contributed by atoms with E-state index in [0.29, 0.717) is 0 Å². The van der Waals surface area contributed by atoms with Crippen LogP contribution in [0.15, 0.2) is 60.7 Å². The summed E-state index contributed by atoms with van der Waals surface area (Å²) in [5, 5.41) is 8.41. The van der Waals surface area contributed by atoms with Crippen LogP contribution in [0.4, 0.5) is 0 Å². The largest absolute Gasteiger partial charge is 0.0616 e. The van der Waals surface area contributed by atoms with E-state index in [1.165, 1.54) is 37.9 Å². The fourth-order valence-electron chi connectivity index (χ4n) is 4.42. The molecule has 5 rings (SSSR count). The maximum absolute atomic E-state index is 2.39. The topological polar surface area (TPSA) is 0 Å². The molecule has 0 bridgehead atoms. The van der Waals surface area contributed by atoms with Crippen LogP contribution in [0.2, 0.25) is 0 Å². The summed E-state index contributed by atoms with van der Waals surface area (Å²) in [7, 11) is 0. The first-order chi connectivity index (χ1) is 10.6. The van der Waals surface area contributed by atoms with Gasteiger partial charge in [0.15, 0.2) is 0 Å². The van der Waals surface area contributed by atoms with E-state index >= 15 is 0 Å². The standard InChI is InChI=1S/C22H18/c1-22(2)13-16-8-5-7-15-12-19-17-9-4-3-6-14(17)10-11-18(19)21(22)20(15)16/h3-12H,13H2,1-2H3. The van der Waals surface area contributed by atoms with E-state index in [4.69, 9.17) is 0 Å². The summed E-state index contributed by atoms with van der Waals surface area (Å²) in [6, 6.07) is 22.5. The van der Waals surface area contributed by atoms with Gasteiger partial charge in [0, 0.05) is 0 Å². The van der Waals surface area contributed by atoms with Gasteiger partial charge in [-0.05, 0) is 61.3 Å². The highest BCUT2D eigenvalue weighted by Crippen LogP contribution is 2.47. The van der Waals surface area contributed by atoms with E-state index < -0.39 is 0 Å². The third-order valence-corrected chi connectivity index (χ3v) is 5.28. The highest BCUT2D eigenvalue weighted by molar-refractivity contribution is 6.15. The van der Waals surface area contributed by atoms with Gasteiger partial charge in [0.2, 0.25) is 0 Å². The SMILES string of the molecule is CC1(C)Cc2cccc3cc4c(ccc5ccccc54)c1c23. The molecular formula is C22H18. The van der Waals surface area contributed by atoms with Gasteiger partial charge in [-0.3, -0.25) is 0 Å². The molecule has 0 saturated carbocycles. The van der Waals surface area contributed by atoms with Crippen LogP contribution in [-0.4, -0.2) is 0 Å². The number of hydrogen-bond acceptors (Lipinski definition) is 0. The average Bonchev–Trinajstić information content (AvgIpc) is 2.80. The molecule has 22 heavy (non-hydrogen) atoms. The predicted molar refractivity (Wildman–Crippen MR) is 95.7 cm³/mol. The number of rotatable bonds is 0. The summed E-state index contributed by atoms with van der Waals surface area (Å²) < 4.78 is 0. The highest BCUT2D eigenvalue weighted by atomic mass is 14.4. The first-order valence-electron chi connectivity index (χ1n) is 8.02. The Kier molecular flexibility index (Phi) is 2.16. The van der Waals surface area contributed by atoms with Crippen LogP contribution < -0.4 is 0 Å². The lowest BCUT2D eigenvalue weighted by Crippen LogP contribution is -2.15. The second-order valence-electron chi connectivity index (χ2n) is 7.21. The molecule has 0 saturated heterocycles. The van der Waals surface area contributed by atoms with Gasteiger partial charge in [-0.1, -0.05) is 68.4 Å². The average molecular weight is 282 g/mol. The van der Waals surface area contributed by atoms with Crippen molar-refractivity contribution in [2.24, 2.45) is 0 Å². The molecule has 0 heterocycles. The Morgan fingerprint density at radius 1 is 0.727 bits per heavy atom. The highest BCUT2D eigenvalue weighted by Gasteiger charge is 2.33. The van der Waals surface area contributed by atoms with Crippen molar-refractivity contribution >= 4 is 32.3 Å². The molecule has 1 aliphatic rings. The molecule has 4 aromatic carbocycles. The van der Waals surface area contributed by atoms with Crippen LogP contribution in [0.5, 0.6) is 0 Å². The predicted octanol–water partition coefficient (Wildman–Crippen LogP) is 5.98. The van der Waals surface area contributed by atoms with Gasteiger partial charge in [-0.25, -0.2) is 0 Å². The summed E-state index contributed by atoms with van der Waals surface area (Å²) in [5.41, 5.74) is 3.26.